The Morgan fingerprint density at radius 1 is 1.04 bits per heavy atom. The van der Waals surface area contributed by atoms with Gasteiger partial charge in [0.15, 0.2) is 11.5 Å². The van der Waals surface area contributed by atoms with Crippen LogP contribution in [0.1, 0.15) is 15.9 Å². The molecular weight excluding hydrogens is 360 g/mol. The second-order valence-electron chi connectivity index (χ2n) is 5.00. The lowest BCUT2D eigenvalue weighted by Gasteiger charge is -2.08. The Hall–Kier alpha value is -4.02. The summed E-state index contributed by atoms with van der Waals surface area (Å²) >= 11 is 0. The van der Waals surface area contributed by atoms with Gasteiger partial charge in [-0.15, -0.1) is 0 Å². The van der Waals surface area contributed by atoms with Gasteiger partial charge in [0, 0.05) is 6.07 Å². The average molecular weight is 374 g/mol. The predicted molar refractivity (Wildman–Crippen MR) is 94.4 cm³/mol. The van der Waals surface area contributed by atoms with Crippen LogP contribution in [0.25, 0.3) is 0 Å². The lowest BCUT2D eigenvalue weighted by Crippen LogP contribution is -2.19. The third-order valence-corrected chi connectivity index (χ3v) is 3.44. The first-order chi connectivity index (χ1) is 12.9. The van der Waals surface area contributed by atoms with Crippen LogP contribution in [0.5, 0.6) is 11.5 Å². The van der Waals surface area contributed by atoms with Crippen LogP contribution in [-0.4, -0.2) is 36.2 Å². The van der Waals surface area contributed by atoms with Crippen molar-refractivity contribution in [2.45, 2.75) is 0 Å². The number of nitro groups is 2. The summed E-state index contributed by atoms with van der Waals surface area (Å²) in [5.41, 5.74) is 1.25. The van der Waals surface area contributed by atoms with E-state index in [4.69, 9.17) is 9.47 Å². The number of carbonyl (C=O) groups is 1. The van der Waals surface area contributed by atoms with Crippen LogP contribution in [0.3, 0.4) is 0 Å². The standard InChI is InChI=1S/C16H14N4O7/c1-26-14-7-10(13(20(24)25)8-15(14)27-2)9-17-18-16(21)11-5-3-4-6-12(11)19(22)23/h3-9H,1-2H3,(H,18,21)/b17-9-. The van der Waals surface area contributed by atoms with E-state index in [1.54, 1.807) is 0 Å². The van der Waals surface area contributed by atoms with Gasteiger partial charge in [-0.25, -0.2) is 5.43 Å². The Morgan fingerprint density at radius 2 is 1.63 bits per heavy atom. The number of nitrogens with one attached hydrogen (secondary N) is 1. The molecule has 2 aromatic rings. The quantitative estimate of drug-likeness (QED) is 0.444. The minimum Gasteiger partial charge on any atom is -0.493 e. The van der Waals surface area contributed by atoms with E-state index in [1.165, 1.54) is 44.6 Å². The van der Waals surface area contributed by atoms with E-state index in [1.807, 2.05) is 0 Å². The molecule has 0 bridgehead atoms. The third-order valence-electron chi connectivity index (χ3n) is 3.44. The molecule has 1 N–H and O–H groups in total. The number of hydrogen-bond acceptors (Lipinski definition) is 8. The molecule has 0 unspecified atom stereocenters. The molecule has 0 spiro atoms. The van der Waals surface area contributed by atoms with Gasteiger partial charge in [0.25, 0.3) is 17.3 Å². The number of methoxy groups -OCH3 is 2. The lowest BCUT2D eigenvalue weighted by molar-refractivity contribution is -0.385. The second-order valence-corrected chi connectivity index (χ2v) is 5.00. The molecule has 0 fully saturated rings. The minimum atomic E-state index is -0.832. The molecule has 0 aromatic heterocycles. The Kier molecular flexibility index (Phi) is 5.99. The molecule has 27 heavy (non-hydrogen) atoms. The molecule has 2 rings (SSSR count). The SMILES string of the molecule is COc1cc(/C=N\NC(=O)c2ccccc2[N+](=O)[O-])c([N+](=O)[O-])cc1OC. The Bertz CT molecular complexity index is 927. The molecule has 0 aliphatic rings. The predicted octanol–water partition coefficient (Wildman–Crippen LogP) is 2.28. The summed E-state index contributed by atoms with van der Waals surface area (Å²) in [6.07, 6.45) is 1.03. The maximum absolute atomic E-state index is 12.1. The first-order valence-electron chi connectivity index (χ1n) is 7.36. The number of ether oxygens (including phenoxy) is 2. The maximum atomic E-state index is 12.1. The third kappa shape index (κ3) is 4.34. The average Bonchev–Trinajstić information content (AvgIpc) is 2.67. The Morgan fingerprint density at radius 3 is 2.22 bits per heavy atom. The topological polar surface area (TPSA) is 146 Å². The van der Waals surface area contributed by atoms with Gasteiger partial charge in [0.2, 0.25) is 0 Å². The fraction of sp³-hybridized carbons (Fsp3) is 0.125. The number of carbonyl (C=O) groups excluding carboxylic acids is 1. The number of hydrazone groups is 1. The van der Waals surface area contributed by atoms with Crippen LogP contribution < -0.4 is 14.9 Å². The molecule has 0 saturated carbocycles. The van der Waals surface area contributed by atoms with Gasteiger partial charge >= 0.3 is 0 Å². The molecule has 0 radical (unpaired) electrons. The Labute approximate surface area is 152 Å². The van der Waals surface area contributed by atoms with Crippen LogP contribution in [0.4, 0.5) is 11.4 Å². The van der Waals surface area contributed by atoms with Gasteiger partial charge in [-0.3, -0.25) is 25.0 Å². The van der Waals surface area contributed by atoms with Gasteiger partial charge in [-0.2, -0.15) is 5.10 Å². The van der Waals surface area contributed by atoms with Crippen molar-refractivity contribution in [2.24, 2.45) is 5.10 Å². The van der Waals surface area contributed by atoms with Crippen molar-refractivity contribution in [1.82, 2.24) is 5.43 Å². The summed E-state index contributed by atoms with van der Waals surface area (Å²) in [7, 11) is 2.70. The molecule has 2 aromatic carbocycles. The van der Waals surface area contributed by atoms with E-state index in [2.05, 4.69) is 10.5 Å². The van der Waals surface area contributed by atoms with Gasteiger partial charge in [-0.1, -0.05) is 12.1 Å². The number of nitro benzene ring substituents is 2. The molecule has 0 aliphatic heterocycles. The zero-order valence-corrected chi connectivity index (χ0v) is 14.2. The number of rotatable bonds is 7. The van der Waals surface area contributed by atoms with Crippen LogP contribution in [0.15, 0.2) is 41.5 Å². The van der Waals surface area contributed by atoms with Crippen molar-refractivity contribution in [1.29, 1.82) is 0 Å². The molecule has 0 atom stereocenters. The number of hydrogen-bond donors (Lipinski definition) is 1. The minimum absolute atomic E-state index is 0.0421. The molecule has 140 valence electrons. The van der Waals surface area contributed by atoms with Crippen molar-refractivity contribution in [3.05, 3.63) is 67.8 Å². The number of para-hydroxylation sites is 1. The molecule has 0 aliphatic carbocycles. The first kappa shape index (κ1) is 19.3. The van der Waals surface area contributed by atoms with E-state index in [0.717, 1.165) is 12.3 Å². The summed E-state index contributed by atoms with van der Waals surface area (Å²) in [6.45, 7) is 0. The van der Waals surface area contributed by atoms with E-state index in [0.29, 0.717) is 0 Å². The number of nitrogens with zero attached hydrogens (tertiary/aromatic N) is 3. The van der Waals surface area contributed by atoms with E-state index in [-0.39, 0.29) is 34.0 Å². The molecular formula is C16H14N4O7. The highest BCUT2D eigenvalue weighted by Crippen LogP contribution is 2.33. The van der Waals surface area contributed by atoms with Gasteiger partial charge in [0.1, 0.15) is 5.56 Å². The summed E-state index contributed by atoms with van der Waals surface area (Å²) in [6, 6.07) is 7.80. The van der Waals surface area contributed by atoms with Crippen molar-refractivity contribution in [3.8, 4) is 11.5 Å². The van der Waals surface area contributed by atoms with Crippen LogP contribution in [0, 0.1) is 20.2 Å². The molecule has 11 nitrogen and oxygen atoms in total. The lowest BCUT2D eigenvalue weighted by atomic mass is 10.1. The van der Waals surface area contributed by atoms with E-state index >= 15 is 0 Å². The van der Waals surface area contributed by atoms with Crippen molar-refractivity contribution in [3.63, 3.8) is 0 Å². The fourth-order valence-electron chi connectivity index (χ4n) is 2.19. The molecule has 0 heterocycles. The number of benzene rings is 2. The van der Waals surface area contributed by atoms with Crippen molar-refractivity contribution < 1.29 is 24.1 Å². The van der Waals surface area contributed by atoms with Crippen molar-refractivity contribution in [2.75, 3.05) is 14.2 Å². The highest BCUT2D eigenvalue weighted by Gasteiger charge is 2.20. The van der Waals surface area contributed by atoms with E-state index in [9.17, 15) is 25.0 Å². The van der Waals surface area contributed by atoms with E-state index < -0.39 is 15.8 Å². The second kappa shape index (κ2) is 8.38. The van der Waals surface area contributed by atoms with Crippen LogP contribution in [0.2, 0.25) is 0 Å². The maximum Gasteiger partial charge on any atom is 0.282 e. The highest BCUT2D eigenvalue weighted by molar-refractivity contribution is 5.98. The summed E-state index contributed by atoms with van der Waals surface area (Å²) < 4.78 is 10.1. The highest BCUT2D eigenvalue weighted by atomic mass is 16.6. The molecule has 1 amide bonds. The monoisotopic (exact) mass is 374 g/mol. The van der Waals surface area contributed by atoms with Crippen LogP contribution >= 0.6 is 0 Å². The zero-order chi connectivity index (χ0) is 20.0. The summed E-state index contributed by atoms with van der Waals surface area (Å²) in [5.74, 6) is -0.443. The van der Waals surface area contributed by atoms with Gasteiger partial charge in [-0.05, 0) is 12.1 Å². The van der Waals surface area contributed by atoms with Gasteiger partial charge < -0.3 is 9.47 Å². The van der Waals surface area contributed by atoms with Crippen LogP contribution in [-0.2, 0) is 0 Å². The molecule has 11 heteroatoms. The smallest absolute Gasteiger partial charge is 0.282 e. The van der Waals surface area contributed by atoms with Gasteiger partial charge in [0.05, 0.1) is 41.9 Å². The molecule has 0 saturated heterocycles. The summed E-state index contributed by atoms with van der Waals surface area (Å²) in [5, 5.41) is 25.8. The zero-order valence-electron chi connectivity index (χ0n) is 14.2. The largest absolute Gasteiger partial charge is 0.493 e. The first-order valence-corrected chi connectivity index (χ1v) is 7.36. The number of amides is 1. The normalized spacial score (nSPS) is 10.4. The summed E-state index contributed by atoms with van der Waals surface area (Å²) in [4.78, 5) is 32.9. The fourth-order valence-corrected chi connectivity index (χ4v) is 2.19. The Balaban J connectivity index is 2.29. The van der Waals surface area contributed by atoms with Crippen molar-refractivity contribution >= 4 is 23.5 Å².